The second kappa shape index (κ2) is 6.94. The highest BCUT2D eigenvalue weighted by molar-refractivity contribution is 9.10. The molecular formula is C15H14Br2ClNO. The molecule has 2 aromatic rings. The number of hydrogen-bond donors (Lipinski definition) is 1. The highest BCUT2D eigenvalue weighted by Crippen LogP contribution is 2.35. The normalized spacial score (nSPS) is 12.2. The molecule has 106 valence electrons. The predicted molar refractivity (Wildman–Crippen MR) is 90.7 cm³/mol. The molecule has 0 aromatic heterocycles. The first-order chi connectivity index (χ1) is 9.56. The maximum atomic E-state index is 6.33. The number of halogens is 3. The zero-order chi connectivity index (χ0) is 14.7. The van der Waals surface area contributed by atoms with E-state index in [0.29, 0.717) is 0 Å². The summed E-state index contributed by atoms with van der Waals surface area (Å²) in [5, 5.41) is 4.04. The van der Waals surface area contributed by atoms with Gasteiger partial charge in [-0.05, 0) is 48.5 Å². The minimum atomic E-state index is 0.000260. The molecule has 20 heavy (non-hydrogen) atoms. The van der Waals surface area contributed by atoms with Crippen LogP contribution < -0.4 is 10.1 Å². The Hall–Kier alpha value is -0.550. The molecule has 1 unspecified atom stereocenters. The van der Waals surface area contributed by atoms with E-state index in [2.05, 4.69) is 37.2 Å². The number of hydrogen-bond acceptors (Lipinski definition) is 2. The van der Waals surface area contributed by atoms with Gasteiger partial charge in [0.25, 0.3) is 0 Å². The van der Waals surface area contributed by atoms with Gasteiger partial charge in [-0.25, -0.2) is 0 Å². The summed E-state index contributed by atoms with van der Waals surface area (Å²) in [6.45, 7) is 0. The molecule has 1 N–H and O–H groups in total. The monoisotopic (exact) mass is 417 g/mol. The van der Waals surface area contributed by atoms with Crippen molar-refractivity contribution in [2.45, 2.75) is 6.04 Å². The van der Waals surface area contributed by atoms with Crippen LogP contribution in [-0.2, 0) is 0 Å². The SMILES string of the molecule is CNC(c1cc(Br)ccc1Cl)c1ccc(OC)cc1Br. The lowest BCUT2D eigenvalue weighted by atomic mass is 9.98. The van der Waals surface area contributed by atoms with Gasteiger partial charge in [-0.3, -0.25) is 0 Å². The average Bonchev–Trinajstić information content (AvgIpc) is 2.44. The fourth-order valence-corrected chi connectivity index (χ4v) is 3.28. The van der Waals surface area contributed by atoms with E-state index in [-0.39, 0.29) is 6.04 Å². The van der Waals surface area contributed by atoms with Crippen molar-refractivity contribution in [3.8, 4) is 5.75 Å². The Kier molecular flexibility index (Phi) is 5.49. The summed E-state index contributed by atoms with van der Waals surface area (Å²) in [6, 6.07) is 11.8. The van der Waals surface area contributed by atoms with Crippen molar-refractivity contribution >= 4 is 43.5 Å². The van der Waals surface area contributed by atoms with Gasteiger partial charge in [0.05, 0.1) is 13.2 Å². The molecule has 0 fully saturated rings. The molecule has 0 aliphatic rings. The fraction of sp³-hybridized carbons (Fsp3) is 0.200. The second-order valence-electron chi connectivity index (χ2n) is 4.27. The van der Waals surface area contributed by atoms with E-state index in [0.717, 1.165) is 30.8 Å². The van der Waals surface area contributed by atoms with Crippen LogP contribution in [0.5, 0.6) is 5.75 Å². The molecule has 1 atom stereocenters. The third-order valence-electron chi connectivity index (χ3n) is 3.08. The number of rotatable bonds is 4. The van der Waals surface area contributed by atoms with Gasteiger partial charge in [0.2, 0.25) is 0 Å². The topological polar surface area (TPSA) is 21.3 Å². The van der Waals surface area contributed by atoms with Crippen molar-refractivity contribution in [3.05, 3.63) is 61.5 Å². The van der Waals surface area contributed by atoms with Gasteiger partial charge < -0.3 is 10.1 Å². The van der Waals surface area contributed by atoms with Crippen LogP contribution in [0, 0.1) is 0 Å². The number of nitrogens with one attached hydrogen (secondary N) is 1. The zero-order valence-electron chi connectivity index (χ0n) is 11.1. The molecule has 0 bridgehead atoms. The Morgan fingerprint density at radius 3 is 2.45 bits per heavy atom. The first-order valence-corrected chi connectivity index (χ1v) is 7.99. The molecule has 0 amide bonds. The fourth-order valence-electron chi connectivity index (χ4n) is 2.08. The lowest BCUT2D eigenvalue weighted by Crippen LogP contribution is -2.18. The molecule has 0 aliphatic heterocycles. The van der Waals surface area contributed by atoms with Crippen LogP contribution in [0.2, 0.25) is 5.02 Å². The summed E-state index contributed by atoms with van der Waals surface area (Å²) in [5.74, 6) is 0.816. The Morgan fingerprint density at radius 2 is 1.85 bits per heavy atom. The first-order valence-electron chi connectivity index (χ1n) is 6.02. The van der Waals surface area contributed by atoms with Crippen molar-refractivity contribution in [2.24, 2.45) is 0 Å². The van der Waals surface area contributed by atoms with Crippen LogP contribution in [-0.4, -0.2) is 14.2 Å². The number of ether oxygens (including phenoxy) is 1. The van der Waals surface area contributed by atoms with E-state index < -0.39 is 0 Å². The summed E-state index contributed by atoms with van der Waals surface area (Å²) in [5.41, 5.74) is 2.13. The maximum Gasteiger partial charge on any atom is 0.120 e. The van der Waals surface area contributed by atoms with Crippen molar-refractivity contribution in [2.75, 3.05) is 14.2 Å². The standard InChI is InChI=1S/C15H14Br2ClNO/c1-19-15(12-7-9(16)3-6-14(12)18)11-5-4-10(20-2)8-13(11)17/h3-8,15,19H,1-2H3. The summed E-state index contributed by atoms with van der Waals surface area (Å²) in [7, 11) is 3.57. The largest absolute Gasteiger partial charge is 0.497 e. The van der Waals surface area contributed by atoms with Crippen LogP contribution in [0.25, 0.3) is 0 Å². The van der Waals surface area contributed by atoms with Crippen LogP contribution in [0.4, 0.5) is 0 Å². The van der Waals surface area contributed by atoms with E-state index in [9.17, 15) is 0 Å². The van der Waals surface area contributed by atoms with Gasteiger partial charge in [-0.1, -0.05) is 49.5 Å². The van der Waals surface area contributed by atoms with Gasteiger partial charge in [0.1, 0.15) is 5.75 Å². The van der Waals surface area contributed by atoms with E-state index in [4.69, 9.17) is 16.3 Å². The lowest BCUT2D eigenvalue weighted by Gasteiger charge is -2.20. The predicted octanol–water partition coefficient (Wildman–Crippen LogP) is 5.18. The Morgan fingerprint density at radius 1 is 1.10 bits per heavy atom. The molecule has 2 nitrogen and oxygen atoms in total. The highest BCUT2D eigenvalue weighted by atomic mass is 79.9. The first kappa shape index (κ1) is 15.8. The molecule has 0 aliphatic carbocycles. The van der Waals surface area contributed by atoms with Gasteiger partial charge in [0, 0.05) is 14.0 Å². The smallest absolute Gasteiger partial charge is 0.120 e. The summed E-state index contributed by atoms with van der Waals surface area (Å²) < 4.78 is 7.21. The van der Waals surface area contributed by atoms with E-state index >= 15 is 0 Å². The minimum absolute atomic E-state index is 0.000260. The minimum Gasteiger partial charge on any atom is -0.497 e. The molecule has 5 heteroatoms. The molecule has 0 radical (unpaired) electrons. The van der Waals surface area contributed by atoms with Crippen LogP contribution >= 0.6 is 43.5 Å². The average molecular weight is 420 g/mol. The zero-order valence-corrected chi connectivity index (χ0v) is 15.0. The summed E-state index contributed by atoms with van der Waals surface area (Å²) >= 11 is 13.4. The van der Waals surface area contributed by atoms with Gasteiger partial charge >= 0.3 is 0 Å². The van der Waals surface area contributed by atoms with Gasteiger partial charge in [-0.15, -0.1) is 0 Å². The van der Waals surface area contributed by atoms with E-state index in [1.54, 1.807) is 7.11 Å². The van der Waals surface area contributed by atoms with Crippen LogP contribution in [0.3, 0.4) is 0 Å². The van der Waals surface area contributed by atoms with Crippen molar-refractivity contribution < 1.29 is 4.74 Å². The third-order valence-corrected chi connectivity index (χ3v) is 4.60. The highest BCUT2D eigenvalue weighted by Gasteiger charge is 2.18. The van der Waals surface area contributed by atoms with Crippen molar-refractivity contribution in [1.29, 1.82) is 0 Å². The molecule has 0 saturated heterocycles. The van der Waals surface area contributed by atoms with Gasteiger partial charge in [0.15, 0.2) is 0 Å². The van der Waals surface area contributed by atoms with Gasteiger partial charge in [-0.2, -0.15) is 0 Å². The number of methoxy groups -OCH3 is 1. The van der Waals surface area contributed by atoms with Crippen molar-refractivity contribution in [3.63, 3.8) is 0 Å². The Bertz CT molecular complexity index is 619. The van der Waals surface area contributed by atoms with Crippen LogP contribution in [0.1, 0.15) is 17.2 Å². The van der Waals surface area contributed by atoms with E-state index in [1.165, 1.54) is 0 Å². The Labute approximate surface area is 140 Å². The Balaban J connectivity index is 2.49. The molecular weight excluding hydrogens is 405 g/mol. The maximum absolute atomic E-state index is 6.33. The second-order valence-corrected chi connectivity index (χ2v) is 6.45. The van der Waals surface area contributed by atoms with Crippen molar-refractivity contribution in [1.82, 2.24) is 5.32 Å². The number of benzene rings is 2. The molecule has 0 spiro atoms. The third kappa shape index (κ3) is 3.37. The summed E-state index contributed by atoms with van der Waals surface area (Å²) in [4.78, 5) is 0. The molecule has 2 aromatic carbocycles. The molecule has 0 heterocycles. The quantitative estimate of drug-likeness (QED) is 0.737. The molecule has 0 saturated carbocycles. The summed E-state index contributed by atoms with van der Waals surface area (Å²) in [6.07, 6.45) is 0. The van der Waals surface area contributed by atoms with E-state index in [1.807, 2.05) is 43.4 Å². The van der Waals surface area contributed by atoms with Crippen LogP contribution in [0.15, 0.2) is 45.3 Å². The molecule has 2 rings (SSSR count). The lowest BCUT2D eigenvalue weighted by molar-refractivity contribution is 0.414.